The maximum Gasteiger partial charge on any atom is 0.433 e. The predicted molar refractivity (Wildman–Crippen MR) is 78.1 cm³/mol. The number of nitrogens with zero attached hydrogens (tertiary/aromatic N) is 1. The number of furan rings is 1. The molecule has 110 valence electrons. The van der Waals surface area contributed by atoms with Crippen LogP contribution in [0.25, 0.3) is 0 Å². The fourth-order valence-corrected chi connectivity index (χ4v) is 1.67. The maximum atomic E-state index is 11.2. The molecule has 0 unspecified atom stereocenters. The van der Waals surface area contributed by atoms with E-state index in [2.05, 4.69) is 10.6 Å². The Balaban J connectivity index is 1.91. The molecule has 0 atom stereocenters. The molecule has 1 amide bonds. The minimum Gasteiger partial charge on any atom is -0.404 e. The predicted octanol–water partition coefficient (Wildman–Crippen LogP) is 3.15. The summed E-state index contributed by atoms with van der Waals surface area (Å²) >= 11 is 0. The van der Waals surface area contributed by atoms with Gasteiger partial charge in [0.25, 0.3) is 0 Å². The van der Waals surface area contributed by atoms with Crippen molar-refractivity contribution in [1.82, 2.24) is 0 Å². The lowest BCUT2D eigenvalue weighted by molar-refractivity contribution is -0.402. The third-order valence-electron chi connectivity index (χ3n) is 2.78. The molecule has 0 aliphatic rings. The first-order valence-corrected chi connectivity index (χ1v) is 6.45. The molecule has 1 aromatic carbocycles. The number of carbonyl (C=O) groups excluding carboxylic acids is 1. The minimum absolute atomic E-state index is 0.0430. The second-order valence-electron chi connectivity index (χ2n) is 4.33. The topological polar surface area (TPSA) is 97.4 Å². The SMILES string of the molecule is CCC(=O)Nc1ccc(NCc2ccc([N+](=O)[O-])o2)cc1. The van der Waals surface area contributed by atoms with E-state index in [1.165, 1.54) is 6.07 Å². The van der Waals surface area contributed by atoms with Gasteiger partial charge in [0.15, 0.2) is 0 Å². The molecule has 0 saturated carbocycles. The van der Waals surface area contributed by atoms with Crippen molar-refractivity contribution in [3.8, 4) is 0 Å². The van der Waals surface area contributed by atoms with Gasteiger partial charge in [-0.25, -0.2) is 0 Å². The molecule has 21 heavy (non-hydrogen) atoms. The van der Waals surface area contributed by atoms with Gasteiger partial charge in [-0.1, -0.05) is 6.92 Å². The smallest absolute Gasteiger partial charge is 0.404 e. The highest BCUT2D eigenvalue weighted by atomic mass is 16.6. The highest BCUT2D eigenvalue weighted by Crippen LogP contribution is 2.18. The molecule has 2 N–H and O–H groups in total. The molecule has 0 saturated heterocycles. The Labute approximate surface area is 121 Å². The molecule has 7 heteroatoms. The van der Waals surface area contributed by atoms with Gasteiger partial charge in [-0.05, 0) is 30.3 Å². The van der Waals surface area contributed by atoms with Crippen molar-refractivity contribution in [3.05, 3.63) is 52.3 Å². The van der Waals surface area contributed by atoms with Gasteiger partial charge in [0.2, 0.25) is 5.91 Å². The number of rotatable bonds is 6. The van der Waals surface area contributed by atoms with E-state index in [1.807, 2.05) is 12.1 Å². The maximum absolute atomic E-state index is 11.2. The summed E-state index contributed by atoms with van der Waals surface area (Å²) in [5.41, 5.74) is 1.55. The van der Waals surface area contributed by atoms with Gasteiger partial charge in [-0.2, -0.15) is 0 Å². The molecular weight excluding hydrogens is 274 g/mol. The second kappa shape index (κ2) is 6.56. The summed E-state index contributed by atoms with van der Waals surface area (Å²) in [6.07, 6.45) is 0.428. The van der Waals surface area contributed by atoms with Crippen LogP contribution in [0.15, 0.2) is 40.8 Å². The number of amides is 1. The van der Waals surface area contributed by atoms with Crippen LogP contribution in [0.4, 0.5) is 17.3 Å². The van der Waals surface area contributed by atoms with Crippen LogP contribution in [0.1, 0.15) is 19.1 Å². The van der Waals surface area contributed by atoms with E-state index in [1.54, 1.807) is 25.1 Å². The van der Waals surface area contributed by atoms with E-state index in [-0.39, 0.29) is 11.8 Å². The van der Waals surface area contributed by atoms with Crippen molar-refractivity contribution in [1.29, 1.82) is 0 Å². The Kier molecular flexibility index (Phi) is 4.55. The summed E-state index contributed by atoms with van der Waals surface area (Å²) in [5, 5.41) is 16.3. The number of nitro groups is 1. The standard InChI is InChI=1S/C14H15N3O4/c1-2-13(18)16-11-5-3-10(4-6-11)15-9-12-7-8-14(21-12)17(19)20/h3-8,15H,2,9H2,1H3,(H,16,18). The van der Waals surface area contributed by atoms with Crippen LogP contribution in [-0.4, -0.2) is 10.8 Å². The first kappa shape index (κ1) is 14.6. The monoisotopic (exact) mass is 289 g/mol. The lowest BCUT2D eigenvalue weighted by atomic mass is 10.2. The summed E-state index contributed by atoms with van der Waals surface area (Å²) in [5.74, 6) is 0.160. The summed E-state index contributed by atoms with van der Waals surface area (Å²) in [7, 11) is 0. The first-order valence-electron chi connectivity index (χ1n) is 6.45. The quantitative estimate of drug-likeness (QED) is 0.629. The van der Waals surface area contributed by atoms with E-state index in [9.17, 15) is 14.9 Å². The molecule has 0 aliphatic carbocycles. The van der Waals surface area contributed by atoms with E-state index < -0.39 is 4.92 Å². The average Bonchev–Trinajstić information content (AvgIpc) is 2.95. The number of hydrogen-bond acceptors (Lipinski definition) is 5. The fraction of sp³-hybridized carbons (Fsp3) is 0.214. The van der Waals surface area contributed by atoms with Crippen LogP contribution >= 0.6 is 0 Å². The van der Waals surface area contributed by atoms with Gasteiger partial charge in [0, 0.05) is 17.8 Å². The van der Waals surface area contributed by atoms with Crippen LogP contribution in [0.5, 0.6) is 0 Å². The molecule has 0 aliphatic heterocycles. The Morgan fingerprint density at radius 2 is 1.86 bits per heavy atom. The van der Waals surface area contributed by atoms with Gasteiger partial charge in [0.1, 0.15) is 10.7 Å². The van der Waals surface area contributed by atoms with Gasteiger partial charge >= 0.3 is 5.88 Å². The number of nitrogens with one attached hydrogen (secondary N) is 2. The largest absolute Gasteiger partial charge is 0.433 e. The van der Waals surface area contributed by atoms with Crippen molar-refractivity contribution < 1.29 is 14.1 Å². The van der Waals surface area contributed by atoms with E-state index >= 15 is 0 Å². The van der Waals surface area contributed by atoms with Crippen molar-refractivity contribution in [2.45, 2.75) is 19.9 Å². The number of benzene rings is 1. The lowest BCUT2D eigenvalue weighted by Gasteiger charge is -2.07. The highest BCUT2D eigenvalue weighted by molar-refractivity contribution is 5.90. The number of carbonyl (C=O) groups is 1. The summed E-state index contributed by atoms with van der Waals surface area (Å²) in [6, 6.07) is 10.0. The van der Waals surface area contributed by atoms with Gasteiger partial charge in [-0.3, -0.25) is 14.9 Å². The number of anilines is 2. The third kappa shape index (κ3) is 4.07. The Hall–Kier alpha value is -2.83. The van der Waals surface area contributed by atoms with E-state index in [0.717, 1.165) is 11.4 Å². The molecule has 2 aromatic rings. The molecular formula is C14H15N3O4. The van der Waals surface area contributed by atoms with Crippen molar-refractivity contribution >= 4 is 23.2 Å². The zero-order valence-corrected chi connectivity index (χ0v) is 11.5. The van der Waals surface area contributed by atoms with E-state index in [0.29, 0.717) is 18.7 Å². The molecule has 0 radical (unpaired) electrons. The van der Waals surface area contributed by atoms with E-state index in [4.69, 9.17) is 4.42 Å². The van der Waals surface area contributed by atoms with Gasteiger partial charge in [-0.15, -0.1) is 0 Å². The molecule has 1 aromatic heterocycles. The fourth-order valence-electron chi connectivity index (χ4n) is 1.67. The zero-order valence-electron chi connectivity index (χ0n) is 11.5. The Morgan fingerprint density at radius 3 is 2.43 bits per heavy atom. The third-order valence-corrected chi connectivity index (χ3v) is 2.78. The van der Waals surface area contributed by atoms with Crippen LogP contribution in [0.2, 0.25) is 0 Å². The average molecular weight is 289 g/mol. The molecule has 0 bridgehead atoms. The Morgan fingerprint density at radius 1 is 1.19 bits per heavy atom. The summed E-state index contributed by atoms with van der Waals surface area (Å²) < 4.78 is 5.04. The molecule has 1 heterocycles. The molecule has 2 rings (SSSR count). The summed E-state index contributed by atoms with van der Waals surface area (Å²) in [4.78, 5) is 21.2. The number of hydrogen-bond donors (Lipinski definition) is 2. The van der Waals surface area contributed by atoms with Crippen molar-refractivity contribution in [2.75, 3.05) is 10.6 Å². The first-order chi connectivity index (χ1) is 10.1. The normalized spacial score (nSPS) is 10.1. The van der Waals surface area contributed by atoms with Crippen LogP contribution in [-0.2, 0) is 11.3 Å². The van der Waals surface area contributed by atoms with Gasteiger partial charge in [0.05, 0.1) is 12.6 Å². The minimum atomic E-state index is -0.575. The van der Waals surface area contributed by atoms with Crippen molar-refractivity contribution in [2.24, 2.45) is 0 Å². The van der Waals surface area contributed by atoms with Crippen LogP contribution in [0.3, 0.4) is 0 Å². The van der Waals surface area contributed by atoms with Crippen LogP contribution < -0.4 is 10.6 Å². The lowest BCUT2D eigenvalue weighted by Crippen LogP contribution is -2.09. The van der Waals surface area contributed by atoms with Crippen LogP contribution in [0, 0.1) is 10.1 Å². The second-order valence-corrected chi connectivity index (χ2v) is 4.33. The summed E-state index contributed by atoms with van der Waals surface area (Å²) in [6.45, 7) is 2.13. The zero-order chi connectivity index (χ0) is 15.2. The van der Waals surface area contributed by atoms with Crippen molar-refractivity contribution in [3.63, 3.8) is 0 Å². The Bertz CT molecular complexity index is 634. The molecule has 0 spiro atoms. The molecule has 7 nitrogen and oxygen atoms in total. The van der Waals surface area contributed by atoms with Gasteiger partial charge < -0.3 is 15.1 Å². The molecule has 0 fully saturated rings. The highest BCUT2D eigenvalue weighted by Gasteiger charge is 2.11.